The lowest BCUT2D eigenvalue weighted by atomic mass is 9.91. The van der Waals surface area contributed by atoms with E-state index in [1.54, 1.807) is 0 Å². The fourth-order valence-corrected chi connectivity index (χ4v) is 1.71. The Hall–Kier alpha value is -0.860. The molecule has 0 aromatic heterocycles. The minimum atomic E-state index is -0.313. The van der Waals surface area contributed by atoms with E-state index in [0.717, 1.165) is 18.4 Å². The smallest absolute Gasteiger partial charge is 0.0620 e. The number of hydrogen-bond acceptors (Lipinski definition) is 2. The Morgan fingerprint density at radius 1 is 1.29 bits per heavy atom. The van der Waals surface area contributed by atoms with Crippen molar-refractivity contribution in [1.29, 1.82) is 0 Å². The van der Waals surface area contributed by atoms with Gasteiger partial charge >= 0.3 is 0 Å². The number of rotatable bonds is 5. The van der Waals surface area contributed by atoms with Crippen molar-refractivity contribution in [2.24, 2.45) is 5.73 Å². The summed E-state index contributed by atoms with van der Waals surface area (Å²) in [5, 5.41) is 9.88. The Morgan fingerprint density at radius 3 is 2.43 bits per heavy atom. The standard InChI is InChI=1S/C12H19NO/c1-2-6-12(14)11(9-13)10-7-4-3-5-8-10/h3-5,7-8,11-12,14H,2,6,9,13H2,1H3/t11-,12+/m0/s1. The van der Waals surface area contributed by atoms with Crippen LogP contribution in [-0.4, -0.2) is 17.8 Å². The topological polar surface area (TPSA) is 46.2 Å². The molecule has 14 heavy (non-hydrogen) atoms. The molecule has 2 heteroatoms. The van der Waals surface area contributed by atoms with Gasteiger partial charge in [-0.1, -0.05) is 43.7 Å². The second-order valence-electron chi connectivity index (χ2n) is 3.61. The van der Waals surface area contributed by atoms with Gasteiger partial charge in [0.2, 0.25) is 0 Å². The summed E-state index contributed by atoms with van der Waals surface area (Å²) in [6.07, 6.45) is 1.49. The van der Waals surface area contributed by atoms with Crippen LogP contribution in [0.5, 0.6) is 0 Å². The summed E-state index contributed by atoms with van der Waals surface area (Å²) in [6, 6.07) is 9.99. The van der Waals surface area contributed by atoms with Crippen LogP contribution in [0.25, 0.3) is 0 Å². The summed E-state index contributed by atoms with van der Waals surface area (Å²) >= 11 is 0. The molecular weight excluding hydrogens is 174 g/mol. The maximum absolute atomic E-state index is 9.88. The molecule has 2 atom stereocenters. The van der Waals surface area contributed by atoms with Crippen LogP contribution in [0.4, 0.5) is 0 Å². The SMILES string of the molecule is CCC[C@@H](O)[C@@H](CN)c1ccccc1. The van der Waals surface area contributed by atoms with Crippen molar-refractivity contribution in [1.82, 2.24) is 0 Å². The maximum Gasteiger partial charge on any atom is 0.0620 e. The number of hydrogen-bond donors (Lipinski definition) is 2. The van der Waals surface area contributed by atoms with Gasteiger partial charge < -0.3 is 10.8 Å². The average Bonchev–Trinajstić information content (AvgIpc) is 2.21. The van der Waals surface area contributed by atoms with Gasteiger partial charge in [0.1, 0.15) is 0 Å². The summed E-state index contributed by atoms with van der Waals surface area (Å²) in [5.41, 5.74) is 6.81. The van der Waals surface area contributed by atoms with E-state index in [2.05, 4.69) is 6.92 Å². The molecule has 1 aromatic rings. The Bertz CT molecular complexity index is 248. The van der Waals surface area contributed by atoms with E-state index >= 15 is 0 Å². The van der Waals surface area contributed by atoms with Crippen molar-refractivity contribution in [3.63, 3.8) is 0 Å². The molecule has 0 radical (unpaired) electrons. The molecule has 2 nitrogen and oxygen atoms in total. The van der Waals surface area contributed by atoms with Gasteiger partial charge in [0.05, 0.1) is 6.10 Å². The van der Waals surface area contributed by atoms with E-state index in [1.165, 1.54) is 0 Å². The summed E-state index contributed by atoms with van der Waals surface area (Å²) in [7, 11) is 0. The van der Waals surface area contributed by atoms with Crippen LogP contribution in [0.2, 0.25) is 0 Å². The number of benzene rings is 1. The van der Waals surface area contributed by atoms with Crippen LogP contribution >= 0.6 is 0 Å². The van der Waals surface area contributed by atoms with Crippen molar-refractivity contribution >= 4 is 0 Å². The average molecular weight is 193 g/mol. The third-order valence-corrected chi connectivity index (χ3v) is 2.53. The molecular formula is C12H19NO. The van der Waals surface area contributed by atoms with Crippen LogP contribution in [0.1, 0.15) is 31.2 Å². The summed E-state index contributed by atoms with van der Waals surface area (Å²) in [5.74, 6) is 0.0798. The summed E-state index contributed by atoms with van der Waals surface area (Å²) in [6.45, 7) is 2.58. The number of aliphatic hydroxyl groups is 1. The molecule has 0 saturated heterocycles. The van der Waals surface area contributed by atoms with E-state index < -0.39 is 0 Å². The van der Waals surface area contributed by atoms with Crippen LogP contribution in [0.15, 0.2) is 30.3 Å². The first-order valence-electron chi connectivity index (χ1n) is 5.22. The molecule has 78 valence electrons. The normalized spacial score (nSPS) is 15.1. The minimum absolute atomic E-state index is 0.0798. The van der Waals surface area contributed by atoms with E-state index in [9.17, 15) is 5.11 Å². The minimum Gasteiger partial charge on any atom is -0.392 e. The van der Waals surface area contributed by atoms with E-state index in [4.69, 9.17) is 5.73 Å². The third kappa shape index (κ3) is 2.82. The highest BCUT2D eigenvalue weighted by Gasteiger charge is 2.18. The highest BCUT2D eigenvalue weighted by Crippen LogP contribution is 2.21. The second kappa shape index (κ2) is 5.78. The first kappa shape index (κ1) is 11.2. The van der Waals surface area contributed by atoms with Crippen molar-refractivity contribution in [2.45, 2.75) is 31.8 Å². The second-order valence-corrected chi connectivity index (χ2v) is 3.61. The lowest BCUT2D eigenvalue weighted by molar-refractivity contribution is 0.135. The Balaban J connectivity index is 2.71. The van der Waals surface area contributed by atoms with E-state index in [-0.39, 0.29) is 12.0 Å². The highest BCUT2D eigenvalue weighted by atomic mass is 16.3. The van der Waals surface area contributed by atoms with Crippen molar-refractivity contribution in [2.75, 3.05) is 6.54 Å². The van der Waals surface area contributed by atoms with Gasteiger partial charge in [0.25, 0.3) is 0 Å². The lowest BCUT2D eigenvalue weighted by Crippen LogP contribution is -2.25. The molecule has 1 rings (SSSR count). The number of aliphatic hydroxyl groups excluding tert-OH is 1. The monoisotopic (exact) mass is 193 g/mol. The molecule has 0 amide bonds. The van der Waals surface area contributed by atoms with Crippen LogP contribution in [-0.2, 0) is 0 Å². The van der Waals surface area contributed by atoms with Crippen molar-refractivity contribution in [3.8, 4) is 0 Å². The predicted octanol–water partition coefficient (Wildman–Crippen LogP) is 1.89. The Morgan fingerprint density at radius 2 is 1.93 bits per heavy atom. The Labute approximate surface area is 85.8 Å². The zero-order chi connectivity index (χ0) is 10.4. The third-order valence-electron chi connectivity index (χ3n) is 2.53. The van der Waals surface area contributed by atoms with Gasteiger partial charge in [0.15, 0.2) is 0 Å². The van der Waals surface area contributed by atoms with Crippen LogP contribution in [0, 0.1) is 0 Å². The Kier molecular flexibility index (Phi) is 4.63. The summed E-state index contributed by atoms with van der Waals surface area (Å²) in [4.78, 5) is 0. The summed E-state index contributed by atoms with van der Waals surface area (Å²) < 4.78 is 0. The van der Waals surface area contributed by atoms with Crippen molar-refractivity contribution < 1.29 is 5.11 Å². The molecule has 0 bridgehead atoms. The van der Waals surface area contributed by atoms with Crippen LogP contribution < -0.4 is 5.73 Å². The molecule has 0 unspecified atom stereocenters. The molecule has 1 aromatic carbocycles. The molecule has 0 aliphatic rings. The van der Waals surface area contributed by atoms with Crippen LogP contribution in [0.3, 0.4) is 0 Å². The van der Waals surface area contributed by atoms with Gasteiger partial charge in [-0.25, -0.2) is 0 Å². The zero-order valence-electron chi connectivity index (χ0n) is 8.69. The molecule has 0 aliphatic carbocycles. The largest absolute Gasteiger partial charge is 0.392 e. The van der Waals surface area contributed by atoms with Gasteiger partial charge in [-0.15, -0.1) is 0 Å². The highest BCUT2D eigenvalue weighted by molar-refractivity contribution is 5.21. The molecule has 0 saturated carbocycles. The quantitative estimate of drug-likeness (QED) is 0.750. The fourth-order valence-electron chi connectivity index (χ4n) is 1.71. The number of nitrogens with two attached hydrogens (primary N) is 1. The first-order valence-corrected chi connectivity index (χ1v) is 5.22. The van der Waals surface area contributed by atoms with Gasteiger partial charge in [-0.05, 0) is 12.0 Å². The van der Waals surface area contributed by atoms with Gasteiger partial charge in [-0.2, -0.15) is 0 Å². The molecule has 0 fully saturated rings. The zero-order valence-corrected chi connectivity index (χ0v) is 8.69. The van der Waals surface area contributed by atoms with E-state index in [0.29, 0.717) is 6.54 Å². The molecule has 0 heterocycles. The van der Waals surface area contributed by atoms with E-state index in [1.807, 2.05) is 30.3 Å². The predicted molar refractivity (Wildman–Crippen MR) is 59.2 cm³/mol. The van der Waals surface area contributed by atoms with Crippen molar-refractivity contribution in [3.05, 3.63) is 35.9 Å². The molecule has 0 aliphatic heterocycles. The fraction of sp³-hybridized carbons (Fsp3) is 0.500. The molecule has 0 spiro atoms. The lowest BCUT2D eigenvalue weighted by Gasteiger charge is -2.21. The first-order chi connectivity index (χ1) is 6.79. The molecule has 3 N–H and O–H groups in total. The van der Waals surface area contributed by atoms with Gasteiger partial charge in [-0.3, -0.25) is 0 Å². The maximum atomic E-state index is 9.88. The van der Waals surface area contributed by atoms with Gasteiger partial charge in [0, 0.05) is 12.5 Å².